The van der Waals surface area contributed by atoms with Gasteiger partial charge >= 0.3 is 0 Å². The van der Waals surface area contributed by atoms with Gasteiger partial charge in [0.05, 0.1) is 12.8 Å². The van der Waals surface area contributed by atoms with Gasteiger partial charge in [-0.2, -0.15) is 0 Å². The standard InChI is InChI=1S/C9H13NO/c1-7-5-4-6-8(2)9(7)10-11-3/h4-6,10H,1-3H3. The van der Waals surface area contributed by atoms with E-state index in [9.17, 15) is 0 Å². The molecule has 0 heterocycles. The first-order chi connectivity index (χ1) is 5.25. The van der Waals surface area contributed by atoms with Crippen molar-refractivity contribution in [1.82, 2.24) is 0 Å². The molecule has 0 aliphatic heterocycles. The lowest BCUT2D eigenvalue weighted by molar-refractivity contribution is 0.270. The fraction of sp³-hybridized carbons (Fsp3) is 0.333. The summed E-state index contributed by atoms with van der Waals surface area (Å²) in [5, 5.41) is 0. The van der Waals surface area contributed by atoms with Crippen LogP contribution in [0.4, 0.5) is 5.69 Å². The van der Waals surface area contributed by atoms with Crippen LogP contribution >= 0.6 is 0 Å². The number of aryl methyl sites for hydroxylation is 2. The summed E-state index contributed by atoms with van der Waals surface area (Å²) in [4.78, 5) is 4.84. The molecule has 1 rings (SSSR count). The summed E-state index contributed by atoms with van der Waals surface area (Å²) < 4.78 is 0. The van der Waals surface area contributed by atoms with E-state index in [1.54, 1.807) is 7.11 Å². The zero-order valence-electron chi connectivity index (χ0n) is 7.14. The van der Waals surface area contributed by atoms with Gasteiger partial charge in [-0.05, 0) is 25.0 Å². The third kappa shape index (κ3) is 1.71. The Morgan fingerprint density at radius 2 is 1.73 bits per heavy atom. The molecule has 1 aromatic rings. The summed E-state index contributed by atoms with van der Waals surface area (Å²) in [6.45, 7) is 4.10. The fourth-order valence-corrected chi connectivity index (χ4v) is 1.08. The molecule has 0 aliphatic rings. The number of nitrogens with one attached hydrogen (secondary N) is 1. The number of hydrogen-bond acceptors (Lipinski definition) is 2. The predicted octanol–water partition coefficient (Wildman–Crippen LogP) is 2.28. The van der Waals surface area contributed by atoms with Crippen LogP contribution in [0.15, 0.2) is 18.2 Å². The first kappa shape index (κ1) is 8.08. The van der Waals surface area contributed by atoms with Crippen molar-refractivity contribution >= 4 is 5.69 Å². The summed E-state index contributed by atoms with van der Waals surface area (Å²) in [5.74, 6) is 0. The SMILES string of the molecule is CONc1c(C)cccc1C. The maximum atomic E-state index is 4.84. The van der Waals surface area contributed by atoms with Gasteiger partial charge in [0.25, 0.3) is 0 Å². The summed E-state index contributed by atoms with van der Waals surface area (Å²) in [6, 6.07) is 6.13. The van der Waals surface area contributed by atoms with E-state index in [0.717, 1.165) is 5.69 Å². The highest BCUT2D eigenvalue weighted by molar-refractivity contribution is 5.54. The zero-order valence-corrected chi connectivity index (χ0v) is 7.14. The Balaban J connectivity index is 3.00. The zero-order chi connectivity index (χ0) is 8.27. The van der Waals surface area contributed by atoms with Gasteiger partial charge in [0.1, 0.15) is 0 Å². The minimum atomic E-state index is 1.06. The number of rotatable bonds is 2. The molecule has 0 amide bonds. The van der Waals surface area contributed by atoms with Gasteiger partial charge in [-0.25, -0.2) is 0 Å². The third-order valence-electron chi connectivity index (χ3n) is 1.69. The number of benzene rings is 1. The van der Waals surface area contributed by atoms with Crippen LogP contribution in [0.3, 0.4) is 0 Å². The fourth-order valence-electron chi connectivity index (χ4n) is 1.08. The molecule has 0 spiro atoms. The quantitative estimate of drug-likeness (QED) is 0.655. The van der Waals surface area contributed by atoms with Crippen LogP contribution in [0.25, 0.3) is 0 Å². The lowest BCUT2D eigenvalue weighted by Gasteiger charge is -2.09. The van der Waals surface area contributed by atoms with Crippen molar-refractivity contribution in [2.75, 3.05) is 12.6 Å². The second kappa shape index (κ2) is 3.39. The van der Waals surface area contributed by atoms with Gasteiger partial charge in [-0.1, -0.05) is 18.2 Å². The molecule has 0 saturated carbocycles. The van der Waals surface area contributed by atoms with E-state index in [0.29, 0.717) is 0 Å². The van der Waals surface area contributed by atoms with E-state index in [-0.39, 0.29) is 0 Å². The van der Waals surface area contributed by atoms with Crippen LogP contribution in [-0.4, -0.2) is 7.11 Å². The van der Waals surface area contributed by atoms with Crippen molar-refractivity contribution < 1.29 is 4.84 Å². The maximum absolute atomic E-state index is 4.84. The molecule has 2 heteroatoms. The minimum absolute atomic E-state index is 1.06. The van der Waals surface area contributed by atoms with Crippen LogP contribution in [0.2, 0.25) is 0 Å². The average Bonchev–Trinajstić information content (AvgIpc) is 1.97. The van der Waals surface area contributed by atoms with Crippen LogP contribution in [0.5, 0.6) is 0 Å². The summed E-state index contributed by atoms with van der Waals surface area (Å²) >= 11 is 0. The van der Waals surface area contributed by atoms with Crippen LogP contribution in [0, 0.1) is 13.8 Å². The first-order valence-corrected chi connectivity index (χ1v) is 3.61. The summed E-state index contributed by atoms with van der Waals surface area (Å²) in [6.07, 6.45) is 0. The van der Waals surface area contributed by atoms with Gasteiger partial charge in [-0.15, -0.1) is 0 Å². The molecule has 0 bridgehead atoms. The number of para-hydroxylation sites is 1. The highest BCUT2D eigenvalue weighted by Gasteiger charge is 1.98. The molecule has 0 unspecified atom stereocenters. The van der Waals surface area contributed by atoms with Crippen LogP contribution < -0.4 is 5.48 Å². The van der Waals surface area contributed by atoms with Crippen molar-refractivity contribution in [2.45, 2.75) is 13.8 Å². The van der Waals surface area contributed by atoms with Gasteiger partial charge in [0.2, 0.25) is 0 Å². The molecule has 1 N–H and O–H groups in total. The van der Waals surface area contributed by atoms with Crippen molar-refractivity contribution in [3.8, 4) is 0 Å². The molecule has 0 aliphatic carbocycles. The Labute approximate surface area is 67.1 Å². The topological polar surface area (TPSA) is 21.3 Å². The number of hydrogen-bond donors (Lipinski definition) is 1. The molecular weight excluding hydrogens is 138 g/mol. The monoisotopic (exact) mass is 151 g/mol. The molecule has 2 nitrogen and oxygen atoms in total. The summed E-state index contributed by atoms with van der Waals surface area (Å²) in [7, 11) is 1.62. The van der Waals surface area contributed by atoms with E-state index < -0.39 is 0 Å². The van der Waals surface area contributed by atoms with E-state index in [2.05, 4.69) is 5.48 Å². The Morgan fingerprint density at radius 3 is 2.18 bits per heavy atom. The summed E-state index contributed by atoms with van der Waals surface area (Å²) in [5.41, 5.74) is 6.31. The molecule has 0 radical (unpaired) electrons. The van der Waals surface area contributed by atoms with Crippen LogP contribution in [-0.2, 0) is 4.84 Å². The molecule has 0 saturated heterocycles. The molecule has 1 aromatic carbocycles. The minimum Gasteiger partial charge on any atom is -0.279 e. The second-order valence-electron chi connectivity index (χ2n) is 2.57. The average molecular weight is 151 g/mol. The van der Waals surface area contributed by atoms with Crippen molar-refractivity contribution in [3.05, 3.63) is 29.3 Å². The van der Waals surface area contributed by atoms with Gasteiger partial charge in [-0.3, -0.25) is 10.3 Å². The lowest BCUT2D eigenvalue weighted by Crippen LogP contribution is -1.99. The van der Waals surface area contributed by atoms with Gasteiger partial charge in [0, 0.05) is 0 Å². The van der Waals surface area contributed by atoms with Crippen molar-refractivity contribution in [3.63, 3.8) is 0 Å². The molecule has 0 atom stereocenters. The molecule has 11 heavy (non-hydrogen) atoms. The second-order valence-corrected chi connectivity index (χ2v) is 2.57. The smallest absolute Gasteiger partial charge is 0.0662 e. The largest absolute Gasteiger partial charge is 0.279 e. The Morgan fingerprint density at radius 1 is 1.18 bits per heavy atom. The Kier molecular flexibility index (Phi) is 2.49. The van der Waals surface area contributed by atoms with Crippen LogP contribution in [0.1, 0.15) is 11.1 Å². The molecular formula is C9H13NO. The predicted molar refractivity (Wildman–Crippen MR) is 46.5 cm³/mol. The first-order valence-electron chi connectivity index (χ1n) is 3.61. The van der Waals surface area contributed by atoms with E-state index in [1.165, 1.54) is 11.1 Å². The molecule has 0 fully saturated rings. The third-order valence-corrected chi connectivity index (χ3v) is 1.69. The lowest BCUT2D eigenvalue weighted by atomic mass is 10.1. The normalized spacial score (nSPS) is 9.73. The van der Waals surface area contributed by atoms with Crippen molar-refractivity contribution in [1.29, 1.82) is 0 Å². The van der Waals surface area contributed by atoms with Crippen molar-refractivity contribution in [2.24, 2.45) is 0 Å². The van der Waals surface area contributed by atoms with E-state index in [1.807, 2.05) is 32.0 Å². The highest BCUT2D eigenvalue weighted by atomic mass is 16.6. The highest BCUT2D eigenvalue weighted by Crippen LogP contribution is 2.18. The Hall–Kier alpha value is -1.02. The molecule has 60 valence electrons. The van der Waals surface area contributed by atoms with Gasteiger partial charge in [0.15, 0.2) is 0 Å². The van der Waals surface area contributed by atoms with E-state index in [4.69, 9.17) is 4.84 Å². The number of anilines is 1. The molecule has 0 aromatic heterocycles. The van der Waals surface area contributed by atoms with Gasteiger partial charge < -0.3 is 0 Å². The van der Waals surface area contributed by atoms with E-state index >= 15 is 0 Å². The Bertz CT molecular complexity index is 225. The maximum Gasteiger partial charge on any atom is 0.0662 e.